The summed E-state index contributed by atoms with van der Waals surface area (Å²) in [5, 5.41) is 8.24. The van der Waals surface area contributed by atoms with E-state index in [0.717, 1.165) is 13.0 Å². The second-order valence-electron chi connectivity index (χ2n) is 7.34. The van der Waals surface area contributed by atoms with E-state index in [0.29, 0.717) is 12.4 Å². The number of ether oxygens (including phenoxy) is 1. The fourth-order valence-corrected chi connectivity index (χ4v) is 3.58. The van der Waals surface area contributed by atoms with Crippen LogP contribution in [0.15, 0.2) is 0 Å². The summed E-state index contributed by atoms with van der Waals surface area (Å²) in [6.45, 7) is 0.859. The van der Waals surface area contributed by atoms with Crippen LogP contribution >= 0.6 is 11.3 Å². The van der Waals surface area contributed by atoms with Crippen molar-refractivity contribution in [3.63, 3.8) is 0 Å². The Balaban J connectivity index is 3.67. The molecular weight excluding hydrogens is 635 g/mol. The lowest BCUT2D eigenvalue weighted by Crippen LogP contribution is -2.75. The van der Waals surface area contributed by atoms with E-state index < -0.39 is 80.5 Å². The highest BCUT2D eigenvalue weighted by Gasteiger charge is 2.95. The molecule has 0 aromatic carbocycles. The van der Waals surface area contributed by atoms with Crippen molar-refractivity contribution in [1.82, 2.24) is 0 Å². The normalized spacial score (nSPS) is 14.6. The molecule has 23 heteroatoms. The zero-order chi connectivity index (χ0) is 32.3. The second kappa shape index (κ2) is 9.79. The number of carbonyl (C=O) groups is 2. The van der Waals surface area contributed by atoms with Gasteiger partial charge in [-0.3, -0.25) is 4.79 Å². The maximum atomic E-state index is 14.1. The van der Waals surface area contributed by atoms with E-state index in [4.69, 9.17) is 5.26 Å². The molecular formula is C17H7F17N2O3S. The average molecular weight is 642 g/mol. The monoisotopic (exact) mass is 642 g/mol. The van der Waals surface area contributed by atoms with Gasteiger partial charge in [0.25, 0.3) is 0 Å². The van der Waals surface area contributed by atoms with Crippen LogP contribution in [0.25, 0.3) is 0 Å². The van der Waals surface area contributed by atoms with Gasteiger partial charge in [-0.25, -0.2) is 4.79 Å². The van der Waals surface area contributed by atoms with E-state index >= 15 is 0 Å². The highest BCUT2D eigenvalue weighted by Crippen LogP contribution is 2.64. The summed E-state index contributed by atoms with van der Waals surface area (Å²) in [5.74, 6) is -64.2. The number of hydrogen-bond donors (Lipinski definition) is 1. The Morgan fingerprint density at radius 3 is 1.45 bits per heavy atom. The molecule has 1 aromatic heterocycles. The van der Waals surface area contributed by atoms with Crippen molar-refractivity contribution in [3.8, 4) is 6.07 Å². The number of nitrogens with one attached hydrogen (secondary N) is 1. The number of methoxy groups -OCH3 is 1. The standard InChI is InChI=1S/C17H7F17N2O3S/c1-4-5(3-35)7(40-6(4)8(37)39-2)36-9(38)10(18,19)11(20,21)12(22,23)13(24,25)14(26,27)15(28,29)16(30,31)17(32,33)34/h1-2H3,(H,36,38). The van der Waals surface area contributed by atoms with E-state index in [9.17, 15) is 84.2 Å². The summed E-state index contributed by atoms with van der Waals surface area (Å²) >= 11 is -0.228. The number of amides is 1. The summed E-state index contributed by atoms with van der Waals surface area (Å²) in [5.41, 5.74) is -1.54. The van der Waals surface area contributed by atoms with Crippen molar-refractivity contribution in [2.75, 3.05) is 12.4 Å². The molecule has 0 saturated heterocycles. The first kappa shape index (κ1) is 35.0. The zero-order valence-corrected chi connectivity index (χ0v) is 19.3. The van der Waals surface area contributed by atoms with Crippen molar-refractivity contribution < 1.29 is 89.0 Å². The number of hydrogen-bond acceptors (Lipinski definition) is 5. The molecule has 1 aromatic rings. The van der Waals surface area contributed by atoms with Gasteiger partial charge in [0, 0.05) is 0 Å². The van der Waals surface area contributed by atoms with Gasteiger partial charge in [0.05, 0.1) is 12.7 Å². The van der Waals surface area contributed by atoms with Gasteiger partial charge in [-0.1, -0.05) is 0 Å². The summed E-state index contributed by atoms with van der Waals surface area (Å²) in [6.07, 6.45) is -7.89. The lowest BCUT2D eigenvalue weighted by Gasteiger charge is -2.42. The molecule has 0 atom stereocenters. The minimum Gasteiger partial charge on any atom is -0.465 e. The lowest BCUT2D eigenvalue weighted by atomic mass is 9.89. The highest BCUT2D eigenvalue weighted by atomic mass is 32.1. The molecule has 40 heavy (non-hydrogen) atoms. The third-order valence-electron chi connectivity index (χ3n) is 4.86. The van der Waals surface area contributed by atoms with Gasteiger partial charge in [0.15, 0.2) is 0 Å². The third-order valence-corrected chi connectivity index (χ3v) is 6.05. The molecule has 0 unspecified atom stereocenters. The van der Waals surface area contributed by atoms with Gasteiger partial charge >= 0.3 is 59.5 Å². The van der Waals surface area contributed by atoms with Crippen LogP contribution in [0.1, 0.15) is 20.8 Å². The first-order valence-corrected chi connectivity index (χ1v) is 9.93. The minimum atomic E-state index is -8.85. The van der Waals surface area contributed by atoms with Gasteiger partial charge in [-0.05, 0) is 12.5 Å². The molecule has 0 saturated carbocycles. The maximum Gasteiger partial charge on any atom is 0.460 e. The van der Waals surface area contributed by atoms with Gasteiger partial charge in [0.2, 0.25) is 0 Å². The Morgan fingerprint density at radius 1 is 0.725 bits per heavy atom. The van der Waals surface area contributed by atoms with Crippen molar-refractivity contribution in [3.05, 3.63) is 16.0 Å². The lowest BCUT2D eigenvalue weighted by molar-refractivity contribution is -0.459. The molecule has 1 amide bonds. The zero-order valence-electron chi connectivity index (χ0n) is 18.5. The molecule has 1 heterocycles. The van der Waals surface area contributed by atoms with Crippen LogP contribution in [0.3, 0.4) is 0 Å². The van der Waals surface area contributed by atoms with Crippen molar-refractivity contribution in [1.29, 1.82) is 5.26 Å². The van der Waals surface area contributed by atoms with Crippen molar-refractivity contribution >= 4 is 28.2 Å². The number of thiophene rings is 1. The molecule has 1 rings (SSSR count). The Morgan fingerprint density at radius 2 is 1.10 bits per heavy atom. The Bertz CT molecular complexity index is 1210. The summed E-state index contributed by atoms with van der Waals surface area (Å²) < 4.78 is 231. The van der Waals surface area contributed by atoms with E-state index in [2.05, 4.69) is 4.74 Å². The summed E-state index contributed by atoms with van der Waals surface area (Å²) in [6, 6.07) is 1.12. The largest absolute Gasteiger partial charge is 0.465 e. The van der Waals surface area contributed by atoms with Crippen LogP contribution < -0.4 is 5.32 Å². The first-order valence-electron chi connectivity index (χ1n) is 9.12. The highest BCUT2D eigenvalue weighted by molar-refractivity contribution is 7.18. The van der Waals surface area contributed by atoms with Crippen molar-refractivity contribution in [2.24, 2.45) is 0 Å². The van der Waals surface area contributed by atoms with Crippen molar-refractivity contribution in [2.45, 2.75) is 54.6 Å². The fraction of sp³-hybridized carbons (Fsp3) is 0.588. The number of nitriles is 1. The number of nitrogens with zero attached hydrogens (tertiary/aromatic N) is 1. The van der Waals surface area contributed by atoms with Crippen LogP contribution in [0.5, 0.6) is 0 Å². The van der Waals surface area contributed by atoms with Crippen LogP contribution in [0.2, 0.25) is 0 Å². The van der Waals surface area contributed by atoms with Gasteiger partial charge in [-0.15, -0.1) is 11.3 Å². The molecule has 0 spiro atoms. The predicted octanol–water partition coefficient (Wildman–Crippen LogP) is 6.66. The second-order valence-corrected chi connectivity index (χ2v) is 8.36. The van der Waals surface area contributed by atoms with Crippen LogP contribution in [-0.4, -0.2) is 66.6 Å². The van der Waals surface area contributed by atoms with Crippen LogP contribution in [-0.2, 0) is 9.53 Å². The smallest absolute Gasteiger partial charge is 0.460 e. The van der Waals surface area contributed by atoms with Gasteiger partial charge < -0.3 is 10.1 Å². The molecule has 0 fully saturated rings. The number of alkyl halides is 17. The van der Waals surface area contributed by atoms with Crippen LogP contribution in [0.4, 0.5) is 79.6 Å². The van der Waals surface area contributed by atoms with E-state index in [1.54, 1.807) is 0 Å². The predicted molar refractivity (Wildman–Crippen MR) is 94.4 cm³/mol. The summed E-state index contributed by atoms with van der Waals surface area (Å²) in [7, 11) is 0.715. The Kier molecular flexibility index (Phi) is 8.56. The molecule has 1 N–H and O–H groups in total. The number of halogens is 17. The molecule has 0 aliphatic carbocycles. The molecule has 5 nitrogen and oxygen atoms in total. The van der Waals surface area contributed by atoms with Gasteiger partial charge in [-0.2, -0.15) is 79.9 Å². The maximum absolute atomic E-state index is 14.1. The minimum absolute atomic E-state index is 0.228. The van der Waals surface area contributed by atoms with E-state index in [-0.39, 0.29) is 11.3 Å². The third kappa shape index (κ3) is 4.56. The SMILES string of the molecule is COC(=O)c1sc(NC(=O)C(F)(F)C(F)(F)C(F)(F)C(F)(F)C(F)(F)C(F)(F)C(F)(F)C(F)(F)F)c(C#N)c1C. The number of esters is 1. The van der Waals surface area contributed by atoms with E-state index in [1.165, 1.54) is 0 Å². The number of carbonyl (C=O) groups excluding carboxylic acids is 2. The molecule has 0 aliphatic heterocycles. The fourth-order valence-electron chi connectivity index (χ4n) is 2.51. The molecule has 0 bridgehead atoms. The Hall–Kier alpha value is -3.06. The van der Waals surface area contributed by atoms with Gasteiger partial charge in [0.1, 0.15) is 15.9 Å². The topological polar surface area (TPSA) is 79.2 Å². The summed E-state index contributed by atoms with van der Waals surface area (Å²) in [4.78, 5) is 22.5. The first-order chi connectivity index (χ1) is 17.5. The Labute approximate surface area is 212 Å². The van der Waals surface area contributed by atoms with Crippen LogP contribution in [0, 0.1) is 18.3 Å². The molecule has 228 valence electrons. The molecule has 0 aliphatic rings. The molecule has 0 radical (unpaired) electrons. The average Bonchev–Trinajstić information content (AvgIpc) is 3.11. The number of anilines is 1. The van der Waals surface area contributed by atoms with E-state index in [1.807, 2.05) is 0 Å². The quantitative estimate of drug-likeness (QED) is 0.242. The number of rotatable bonds is 9.